The van der Waals surface area contributed by atoms with Gasteiger partial charge in [0, 0.05) is 5.56 Å². The Morgan fingerprint density at radius 3 is 2.70 bits per heavy atom. The standard InChI is InChI=1S/C13H8F2N2O3/c1-20-6-11-8(5-18)12(17-13(19)16-11)7-2-3-9(14)10(15)4-7/h2-4,6H,1H3,(H,16,19). The average Bonchev–Trinajstić information content (AvgIpc) is 2.42. The summed E-state index contributed by atoms with van der Waals surface area (Å²) in [5.41, 5.74) is -0.780. The Hall–Kier alpha value is -2.79. The Bertz CT molecular complexity index is 855. The molecule has 0 aliphatic rings. The molecule has 2 rings (SSSR count). The Kier molecular flexibility index (Phi) is 3.72. The van der Waals surface area contributed by atoms with Gasteiger partial charge in [-0.15, -0.1) is 0 Å². The number of aromatic nitrogens is 2. The van der Waals surface area contributed by atoms with Crippen LogP contribution in [0.1, 0.15) is 0 Å². The summed E-state index contributed by atoms with van der Waals surface area (Å²) >= 11 is 0. The second kappa shape index (κ2) is 5.46. The van der Waals surface area contributed by atoms with E-state index < -0.39 is 17.3 Å². The summed E-state index contributed by atoms with van der Waals surface area (Å²) in [6.07, 6.45) is 1.12. The fourth-order valence-electron chi connectivity index (χ4n) is 1.65. The molecule has 0 aliphatic carbocycles. The predicted molar refractivity (Wildman–Crippen MR) is 65.7 cm³/mol. The normalized spacial score (nSPS) is 11.2. The van der Waals surface area contributed by atoms with Crippen LogP contribution in [0, 0.1) is 11.6 Å². The topological polar surface area (TPSA) is 72.1 Å². The van der Waals surface area contributed by atoms with Crippen molar-refractivity contribution in [1.82, 2.24) is 9.97 Å². The third-order valence-electron chi connectivity index (χ3n) is 2.49. The van der Waals surface area contributed by atoms with Gasteiger partial charge in [-0.2, -0.15) is 4.98 Å². The van der Waals surface area contributed by atoms with Crippen molar-refractivity contribution in [3.05, 3.63) is 50.9 Å². The number of ether oxygens (including phenoxy) is 1. The number of nitrogens with one attached hydrogen (secondary N) is 1. The first kappa shape index (κ1) is 13.6. The minimum Gasteiger partial charge on any atom is -0.502 e. The van der Waals surface area contributed by atoms with E-state index in [0.717, 1.165) is 18.4 Å². The van der Waals surface area contributed by atoms with Crippen molar-refractivity contribution < 1.29 is 18.3 Å². The van der Waals surface area contributed by atoms with Gasteiger partial charge in [0.25, 0.3) is 0 Å². The van der Waals surface area contributed by atoms with Crippen LogP contribution in [0.25, 0.3) is 17.5 Å². The molecule has 20 heavy (non-hydrogen) atoms. The van der Waals surface area contributed by atoms with E-state index >= 15 is 0 Å². The first-order valence-corrected chi connectivity index (χ1v) is 5.40. The average molecular weight is 278 g/mol. The number of rotatable bonds is 2. The quantitative estimate of drug-likeness (QED) is 0.811. The molecule has 0 aliphatic heterocycles. The van der Waals surface area contributed by atoms with Crippen LogP contribution in [0.2, 0.25) is 0 Å². The van der Waals surface area contributed by atoms with E-state index in [-0.39, 0.29) is 21.8 Å². The summed E-state index contributed by atoms with van der Waals surface area (Å²) < 4.78 is 30.9. The van der Waals surface area contributed by atoms with Crippen molar-refractivity contribution >= 4 is 12.2 Å². The summed E-state index contributed by atoms with van der Waals surface area (Å²) in [4.78, 5) is 28.3. The van der Waals surface area contributed by atoms with Gasteiger partial charge in [-0.05, 0) is 18.2 Å². The van der Waals surface area contributed by atoms with E-state index in [0.29, 0.717) is 0 Å². The molecule has 0 atom stereocenters. The highest BCUT2D eigenvalue weighted by Crippen LogP contribution is 2.15. The SMILES string of the molecule is COC=c1[nH]c(=O)nc(-c2ccc(F)c(F)c2)c1=C=O. The first-order valence-electron chi connectivity index (χ1n) is 5.40. The van der Waals surface area contributed by atoms with Crippen molar-refractivity contribution in [2.45, 2.75) is 0 Å². The summed E-state index contributed by atoms with van der Waals surface area (Å²) in [6.45, 7) is 0. The Balaban J connectivity index is 2.87. The number of halogens is 2. The predicted octanol–water partition coefficient (Wildman–Crippen LogP) is -0.397. The highest BCUT2D eigenvalue weighted by molar-refractivity contribution is 5.65. The minimum atomic E-state index is -1.11. The number of methoxy groups -OCH3 is 1. The van der Waals surface area contributed by atoms with E-state index in [4.69, 9.17) is 4.74 Å². The van der Waals surface area contributed by atoms with Gasteiger partial charge in [0.15, 0.2) is 11.6 Å². The van der Waals surface area contributed by atoms with Crippen LogP contribution in [0.3, 0.4) is 0 Å². The van der Waals surface area contributed by atoms with Crippen molar-refractivity contribution in [2.24, 2.45) is 0 Å². The fourth-order valence-corrected chi connectivity index (χ4v) is 1.65. The van der Waals surface area contributed by atoms with Gasteiger partial charge in [0.1, 0.15) is 17.4 Å². The summed E-state index contributed by atoms with van der Waals surface area (Å²) in [5, 5.41) is -0.0697. The molecule has 0 amide bonds. The molecular weight excluding hydrogens is 270 g/mol. The number of hydrogen-bond donors (Lipinski definition) is 1. The molecule has 1 heterocycles. The van der Waals surface area contributed by atoms with Crippen LogP contribution in [0.15, 0.2) is 23.0 Å². The summed E-state index contributed by atoms with van der Waals surface area (Å²) in [6, 6.07) is 2.92. The number of H-pyrrole nitrogens is 1. The van der Waals surface area contributed by atoms with Crippen LogP contribution < -0.4 is 16.3 Å². The summed E-state index contributed by atoms with van der Waals surface area (Å²) in [5.74, 6) is -0.556. The number of carbonyl (C=O) groups excluding carboxylic acids is 1. The molecule has 102 valence electrons. The third kappa shape index (κ3) is 2.48. The lowest BCUT2D eigenvalue weighted by Gasteiger charge is -2.01. The number of nitrogens with zero attached hydrogens (tertiary/aromatic N) is 1. The summed E-state index contributed by atoms with van der Waals surface area (Å²) in [7, 11) is 1.32. The van der Waals surface area contributed by atoms with E-state index in [1.807, 2.05) is 0 Å². The van der Waals surface area contributed by atoms with Crippen LogP contribution in [-0.4, -0.2) is 23.0 Å². The molecule has 0 unspecified atom stereocenters. The van der Waals surface area contributed by atoms with Gasteiger partial charge < -0.3 is 9.72 Å². The van der Waals surface area contributed by atoms with Gasteiger partial charge in [-0.3, -0.25) is 0 Å². The minimum absolute atomic E-state index is 0.0437. The maximum Gasteiger partial charge on any atom is 0.346 e. The van der Waals surface area contributed by atoms with Crippen molar-refractivity contribution in [1.29, 1.82) is 0 Å². The zero-order valence-electron chi connectivity index (χ0n) is 10.2. The molecular formula is C13H8F2N2O3. The van der Waals surface area contributed by atoms with Crippen LogP contribution in [0.5, 0.6) is 0 Å². The second-order valence-corrected chi connectivity index (χ2v) is 3.76. The third-order valence-corrected chi connectivity index (χ3v) is 2.49. The van der Waals surface area contributed by atoms with Crippen molar-refractivity contribution in [2.75, 3.05) is 7.11 Å². The zero-order chi connectivity index (χ0) is 14.7. The highest BCUT2D eigenvalue weighted by Gasteiger charge is 2.09. The number of aromatic amines is 1. The molecule has 0 spiro atoms. The monoisotopic (exact) mass is 278 g/mol. The molecule has 0 radical (unpaired) electrons. The molecule has 1 N–H and O–H groups in total. The lowest BCUT2D eigenvalue weighted by molar-refractivity contribution is 0.389. The molecule has 0 fully saturated rings. The number of benzene rings is 1. The highest BCUT2D eigenvalue weighted by atomic mass is 19.2. The largest absolute Gasteiger partial charge is 0.502 e. The first-order chi connectivity index (χ1) is 9.56. The van der Waals surface area contributed by atoms with E-state index in [2.05, 4.69) is 9.97 Å². The van der Waals surface area contributed by atoms with Gasteiger partial charge >= 0.3 is 5.69 Å². The van der Waals surface area contributed by atoms with Gasteiger partial charge in [-0.25, -0.2) is 18.4 Å². The van der Waals surface area contributed by atoms with Crippen LogP contribution in [0.4, 0.5) is 8.78 Å². The maximum atomic E-state index is 13.2. The number of hydrogen-bond acceptors (Lipinski definition) is 4. The van der Waals surface area contributed by atoms with Crippen LogP contribution in [-0.2, 0) is 9.53 Å². The van der Waals surface area contributed by atoms with Crippen molar-refractivity contribution in [3.8, 4) is 11.3 Å². The van der Waals surface area contributed by atoms with Crippen molar-refractivity contribution in [3.63, 3.8) is 0 Å². The molecule has 2 aromatic rings. The zero-order valence-corrected chi connectivity index (χ0v) is 10.2. The molecule has 1 aromatic heterocycles. The molecule has 5 nitrogen and oxygen atoms in total. The molecule has 7 heteroatoms. The van der Waals surface area contributed by atoms with Crippen LogP contribution >= 0.6 is 0 Å². The van der Waals surface area contributed by atoms with Gasteiger partial charge in [0.2, 0.25) is 0 Å². The molecule has 0 bridgehead atoms. The molecule has 1 aromatic carbocycles. The molecule has 0 saturated carbocycles. The molecule has 0 saturated heterocycles. The van der Waals surface area contributed by atoms with Gasteiger partial charge in [0.05, 0.1) is 18.2 Å². The van der Waals surface area contributed by atoms with Gasteiger partial charge in [-0.1, -0.05) is 0 Å². The smallest absolute Gasteiger partial charge is 0.346 e. The fraction of sp³-hybridized carbons (Fsp3) is 0.0769. The van der Waals surface area contributed by atoms with E-state index in [1.54, 1.807) is 5.94 Å². The van der Waals surface area contributed by atoms with E-state index in [9.17, 15) is 18.4 Å². The Morgan fingerprint density at radius 2 is 2.10 bits per heavy atom. The Labute approximate surface area is 110 Å². The lowest BCUT2D eigenvalue weighted by atomic mass is 10.1. The van der Waals surface area contributed by atoms with E-state index in [1.165, 1.54) is 13.2 Å². The maximum absolute atomic E-state index is 13.2. The Morgan fingerprint density at radius 1 is 1.35 bits per heavy atom. The second-order valence-electron chi connectivity index (χ2n) is 3.76. The lowest BCUT2D eigenvalue weighted by Crippen LogP contribution is -2.39.